The SMILES string of the molecule is Cc1cc(C)n(-c2cc(F)ccc2[C@@](O)(Cn2cncn2)[C@@H](C)n2cncn2)n1. The number of halogens is 1. The third-order valence-corrected chi connectivity index (χ3v) is 5.06. The van der Waals surface area contributed by atoms with Gasteiger partial charge in [-0.2, -0.15) is 15.3 Å². The van der Waals surface area contributed by atoms with Crippen LogP contribution in [0.4, 0.5) is 4.39 Å². The molecule has 29 heavy (non-hydrogen) atoms. The van der Waals surface area contributed by atoms with Gasteiger partial charge in [-0.3, -0.25) is 0 Å². The molecule has 0 saturated heterocycles. The molecular formula is C19H21FN8O. The molecule has 2 atom stereocenters. The Balaban J connectivity index is 1.92. The Labute approximate surface area is 166 Å². The Morgan fingerprint density at radius 2 is 1.86 bits per heavy atom. The summed E-state index contributed by atoms with van der Waals surface area (Å²) in [5.74, 6) is -0.423. The molecule has 9 nitrogen and oxygen atoms in total. The number of hydrogen-bond donors (Lipinski definition) is 1. The van der Waals surface area contributed by atoms with E-state index in [4.69, 9.17) is 0 Å². The predicted molar refractivity (Wildman–Crippen MR) is 102 cm³/mol. The van der Waals surface area contributed by atoms with Gasteiger partial charge in [0.05, 0.1) is 24.0 Å². The molecular weight excluding hydrogens is 375 g/mol. The zero-order valence-electron chi connectivity index (χ0n) is 16.3. The summed E-state index contributed by atoms with van der Waals surface area (Å²) in [7, 11) is 0. The van der Waals surface area contributed by atoms with Crippen molar-refractivity contribution in [2.45, 2.75) is 39.0 Å². The molecule has 10 heteroatoms. The number of nitrogens with zero attached hydrogens (tertiary/aromatic N) is 8. The molecule has 0 unspecified atom stereocenters. The van der Waals surface area contributed by atoms with Crippen molar-refractivity contribution in [3.8, 4) is 5.69 Å². The molecule has 150 valence electrons. The molecule has 1 N–H and O–H groups in total. The molecule has 4 rings (SSSR count). The second-order valence-corrected chi connectivity index (χ2v) is 7.07. The van der Waals surface area contributed by atoms with Gasteiger partial charge in [-0.15, -0.1) is 0 Å². The lowest BCUT2D eigenvalue weighted by Gasteiger charge is -2.35. The molecule has 3 heterocycles. The number of aryl methyl sites for hydroxylation is 2. The highest BCUT2D eigenvalue weighted by Crippen LogP contribution is 2.38. The van der Waals surface area contributed by atoms with Crippen LogP contribution in [0.2, 0.25) is 0 Å². The first-order chi connectivity index (χ1) is 13.9. The normalized spacial score (nSPS) is 14.7. The summed E-state index contributed by atoms with van der Waals surface area (Å²) < 4.78 is 19.0. The van der Waals surface area contributed by atoms with Gasteiger partial charge in [0.1, 0.15) is 36.7 Å². The molecule has 4 aromatic rings. The lowest BCUT2D eigenvalue weighted by molar-refractivity contribution is -0.0342. The van der Waals surface area contributed by atoms with Crippen LogP contribution in [0.3, 0.4) is 0 Å². The number of aliphatic hydroxyl groups is 1. The van der Waals surface area contributed by atoms with Gasteiger partial charge in [-0.1, -0.05) is 6.07 Å². The van der Waals surface area contributed by atoms with Crippen molar-refractivity contribution in [3.63, 3.8) is 0 Å². The first-order valence-corrected chi connectivity index (χ1v) is 9.11. The highest BCUT2D eigenvalue weighted by molar-refractivity contribution is 5.46. The Morgan fingerprint density at radius 1 is 1.10 bits per heavy atom. The summed E-state index contributed by atoms with van der Waals surface area (Å²) in [5, 5.41) is 24.8. The van der Waals surface area contributed by atoms with Crippen LogP contribution in [0.5, 0.6) is 0 Å². The fourth-order valence-electron chi connectivity index (χ4n) is 3.56. The average Bonchev–Trinajstić information content (AvgIpc) is 3.43. The number of aromatic nitrogens is 8. The maximum Gasteiger partial charge on any atom is 0.137 e. The molecule has 0 saturated carbocycles. The summed E-state index contributed by atoms with van der Waals surface area (Å²) in [5.41, 5.74) is 1.04. The van der Waals surface area contributed by atoms with Crippen LogP contribution in [-0.4, -0.2) is 44.4 Å². The monoisotopic (exact) mass is 396 g/mol. The van der Waals surface area contributed by atoms with Crippen LogP contribution in [0.25, 0.3) is 5.69 Å². The minimum Gasteiger partial charge on any atom is -0.381 e. The summed E-state index contributed by atoms with van der Waals surface area (Å²) in [6.45, 7) is 5.64. The van der Waals surface area contributed by atoms with Gasteiger partial charge in [0.25, 0.3) is 0 Å². The van der Waals surface area contributed by atoms with Crippen LogP contribution in [-0.2, 0) is 12.1 Å². The molecule has 0 fully saturated rings. The van der Waals surface area contributed by atoms with Crippen LogP contribution < -0.4 is 0 Å². The van der Waals surface area contributed by atoms with Crippen LogP contribution in [0.15, 0.2) is 49.6 Å². The Hall–Kier alpha value is -3.40. The highest BCUT2D eigenvalue weighted by atomic mass is 19.1. The van der Waals surface area contributed by atoms with E-state index in [1.165, 1.54) is 42.1 Å². The third kappa shape index (κ3) is 3.42. The van der Waals surface area contributed by atoms with E-state index in [1.54, 1.807) is 15.4 Å². The minimum absolute atomic E-state index is 0.0754. The smallest absolute Gasteiger partial charge is 0.137 e. The molecule has 0 aliphatic heterocycles. The Kier molecular flexibility index (Phi) is 4.71. The Morgan fingerprint density at radius 3 is 2.48 bits per heavy atom. The molecule has 0 aliphatic rings. The maximum atomic E-state index is 14.2. The van der Waals surface area contributed by atoms with Crippen molar-refractivity contribution in [3.05, 3.63) is 72.3 Å². The van der Waals surface area contributed by atoms with Gasteiger partial charge in [0.15, 0.2) is 0 Å². The summed E-state index contributed by atoms with van der Waals surface area (Å²) in [4.78, 5) is 7.95. The quantitative estimate of drug-likeness (QED) is 0.535. The van der Waals surface area contributed by atoms with E-state index in [2.05, 4.69) is 25.3 Å². The van der Waals surface area contributed by atoms with Crippen LogP contribution in [0.1, 0.15) is 29.9 Å². The lowest BCUT2D eigenvalue weighted by atomic mass is 9.85. The van der Waals surface area contributed by atoms with Crippen molar-refractivity contribution >= 4 is 0 Å². The van der Waals surface area contributed by atoms with Crippen LogP contribution >= 0.6 is 0 Å². The topological polar surface area (TPSA) is 99.5 Å². The van der Waals surface area contributed by atoms with E-state index < -0.39 is 17.5 Å². The van der Waals surface area contributed by atoms with Crippen molar-refractivity contribution < 1.29 is 9.50 Å². The zero-order valence-corrected chi connectivity index (χ0v) is 16.3. The molecule has 0 spiro atoms. The Bertz CT molecular complexity index is 1110. The largest absolute Gasteiger partial charge is 0.381 e. The first kappa shape index (κ1) is 18.9. The molecule has 1 aromatic carbocycles. The summed E-state index contributed by atoms with van der Waals surface area (Å²) in [6.07, 6.45) is 5.85. The minimum atomic E-state index is -1.52. The van der Waals surface area contributed by atoms with E-state index in [-0.39, 0.29) is 6.54 Å². The summed E-state index contributed by atoms with van der Waals surface area (Å²) >= 11 is 0. The zero-order chi connectivity index (χ0) is 20.6. The maximum absolute atomic E-state index is 14.2. The summed E-state index contributed by atoms with van der Waals surface area (Å²) in [6, 6.07) is 5.62. The predicted octanol–water partition coefficient (Wildman–Crippen LogP) is 1.96. The molecule has 0 aliphatic carbocycles. The number of rotatable bonds is 6. The fraction of sp³-hybridized carbons (Fsp3) is 0.316. The highest BCUT2D eigenvalue weighted by Gasteiger charge is 2.41. The number of benzene rings is 1. The second kappa shape index (κ2) is 7.21. The van der Waals surface area contributed by atoms with E-state index in [1.807, 2.05) is 26.8 Å². The van der Waals surface area contributed by atoms with Gasteiger partial charge >= 0.3 is 0 Å². The van der Waals surface area contributed by atoms with E-state index in [0.29, 0.717) is 11.3 Å². The van der Waals surface area contributed by atoms with E-state index in [0.717, 1.165) is 11.4 Å². The van der Waals surface area contributed by atoms with E-state index in [9.17, 15) is 9.50 Å². The third-order valence-electron chi connectivity index (χ3n) is 5.06. The van der Waals surface area contributed by atoms with Gasteiger partial charge in [-0.05, 0) is 39.0 Å². The molecule has 0 radical (unpaired) electrons. The fourth-order valence-corrected chi connectivity index (χ4v) is 3.56. The standard InChI is InChI=1S/C19H21FN8O/c1-13-6-14(2)28(25-13)18-7-16(20)4-5-17(18)19(29,8-26-11-21-9-23-26)15(3)27-12-22-10-24-27/h4-7,9-12,15,29H,8H2,1-3H3/t15-,19-/m1/s1. The average molecular weight is 396 g/mol. The molecule has 0 amide bonds. The molecule has 3 aromatic heterocycles. The van der Waals surface area contributed by atoms with Crippen molar-refractivity contribution in [1.29, 1.82) is 0 Å². The van der Waals surface area contributed by atoms with Gasteiger partial charge in [-0.25, -0.2) is 28.4 Å². The van der Waals surface area contributed by atoms with Crippen molar-refractivity contribution in [1.82, 2.24) is 39.3 Å². The number of hydrogen-bond acceptors (Lipinski definition) is 6. The second-order valence-electron chi connectivity index (χ2n) is 7.07. The van der Waals surface area contributed by atoms with Gasteiger partial charge in [0.2, 0.25) is 0 Å². The van der Waals surface area contributed by atoms with Gasteiger partial charge in [0, 0.05) is 11.3 Å². The van der Waals surface area contributed by atoms with Crippen LogP contribution in [0, 0.1) is 19.7 Å². The van der Waals surface area contributed by atoms with Crippen molar-refractivity contribution in [2.75, 3.05) is 0 Å². The lowest BCUT2D eigenvalue weighted by Crippen LogP contribution is -2.41. The van der Waals surface area contributed by atoms with Gasteiger partial charge < -0.3 is 5.11 Å². The molecule has 0 bridgehead atoms. The first-order valence-electron chi connectivity index (χ1n) is 9.11. The van der Waals surface area contributed by atoms with Crippen molar-refractivity contribution in [2.24, 2.45) is 0 Å². The van der Waals surface area contributed by atoms with E-state index >= 15 is 0 Å².